The Labute approximate surface area is 121 Å². The summed E-state index contributed by atoms with van der Waals surface area (Å²) in [6.45, 7) is 4.06. The fourth-order valence-electron chi connectivity index (χ4n) is 1.86. The van der Waals surface area contributed by atoms with Crippen LogP contribution in [0.5, 0.6) is 0 Å². The highest BCUT2D eigenvalue weighted by molar-refractivity contribution is 9.10. The van der Waals surface area contributed by atoms with Gasteiger partial charge in [-0.15, -0.1) is 0 Å². The molecule has 2 rings (SSSR count). The van der Waals surface area contributed by atoms with Crippen molar-refractivity contribution in [1.29, 1.82) is 0 Å². The van der Waals surface area contributed by atoms with Gasteiger partial charge >= 0.3 is 0 Å². The molecular weight excluding hydrogens is 307 g/mol. The van der Waals surface area contributed by atoms with E-state index in [1.807, 2.05) is 13.8 Å². The van der Waals surface area contributed by atoms with Gasteiger partial charge in [-0.1, -0.05) is 29.8 Å². The van der Waals surface area contributed by atoms with E-state index in [9.17, 15) is 4.39 Å². The predicted octanol–water partition coefficient (Wildman–Crippen LogP) is 4.65. The fraction of sp³-hybridized carbons (Fsp3) is 0.200. The SMILES string of the molecule is Cc1ccc(C(C)Nc2cc(F)c(Br)cc2N)cc1. The number of nitrogens with one attached hydrogen (secondary N) is 1. The first-order valence-electron chi connectivity index (χ1n) is 6.05. The summed E-state index contributed by atoms with van der Waals surface area (Å²) in [5.74, 6) is -0.326. The summed E-state index contributed by atoms with van der Waals surface area (Å²) in [5, 5.41) is 3.23. The number of halogens is 2. The van der Waals surface area contributed by atoms with E-state index >= 15 is 0 Å². The van der Waals surface area contributed by atoms with Gasteiger partial charge in [0, 0.05) is 12.1 Å². The van der Waals surface area contributed by atoms with Crippen molar-refractivity contribution in [3.05, 3.63) is 57.8 Å². The van der Waals surface area contributed by atoms with E-state index in [4.69, 9.17) is 5.73 Å². The maximum Gasteiger partial charge on any atom is 0.139 e. The molecule has 1 unspecified atom stereocenters. The number of rotatable bonds is 3. The lowest BCUT2D eigenvalue weighted by atomic mass is 10.1. The maximum absolute atomic E-state index is 13.5. The second-order valence-corrected chi connectivity index (χ2v) is 5.48. The zero-order chi connectivity index (χ0) is 14.0. The molecule has 0 fully saturated rings. The van der Waals surface area contributed by atoms with Crippen molar-refractivity contribution in [2.45, 2.75) is 19.9 Å². The second-order valence-electron chi connectivity index (χ2n) is 4.63. The van der Waals surface area contributed by atoms with Crippen molar-refractivity contribution in [2.75, 3.05) is 11.1 Å². The van der Waals surface area contributed by atoms with E-state index < -0.39 is 0 Å². The van der Waals surface area contributed by atoms with Crippen LogP contribution in [-0.2, 0) is 0 Å². The van der Waals surface area contributed by atoms with Gasteiger partial charge in [-0.2, -0.15) is 0 Å². The second kappa shape index (κ2) is 5.61. The topological polar surface area (TPSA) is 38.0 Å². The smallest absolute Gasteiger partial charge is 0.139 e. The molecule has 0 bridgehead atoms. The molecule has 0 aliphatic heterocycles. The van der Waals surface area contributed by atoms with E-state index in [1.165, 1.54) is 11.6 Å². The van der Waals surface area contributed by atoms with Gasteiger partial charge in [0.1, 0.15) is 5.82 Å². The van der Waals surface area contributed by atoms with Crippen LogP contribution in [0, 0.1) is 12.7 Å². The van der Waals surface area contributed by atoms with E-state index in [0.717, 1.165) is 5.56 Å². The first-order chi connectivity index (χ1) is 8.97. The third kappa shape index (κ3) is 3.26. The number of benzene rings is 2. The highest BCUT2D eigenvalue weighted by Gasteiger charge is 2.10. The first-order valence-corrected chi connectivity index (χ1v) is 6.84. The van der Waals surface area contributed by atoms with Crippen molar-refractivity contribution in [3.63, 3.8) is 0 Å². The van der Waals surface area contributed by atoms with Gasteiger partial charge in [-0.05, 0) is 41.4 Å². The van der Waals surface area contributed by atoms with Gasteiger partial charge in [-0.3, -0.25) is 0 Å². The molecule has 2 aromatic carbocycles. The van der Waals surface area contributed by atoms with Crippen LogP contribution in [0.1, 0.15) is 24.1 Å². The van der Waals surface area contributed by atoms with Crippen molar-refractivity contribution < 1.29 is 4.39 Å². The predicted molar refractivity (Wildman–Crippen MR) is 81.7 cm³/mol. The molecule has 0 heterocycles. The average molecular weight is 323 g/mol. The molecule has 0 saturated carbocycles. The van der Waals surface area contributed by atoms with Crippen LogP contribution in [-0.4, -0.2) is 0 Å². The number of nitrogens with two attached hydrogens (primary N) is 1. The number of nitrogen functional groups attached to an aromatic ring is 1. The Morgan fingerprint density at radius 3 is 2.47 bits per heavy atom. The molecule has 0 aliphatic carbocycles. The molecule has 4 heteroatoms. The normalized spacial score (nSPS) is 12.2. The highest BCUT2D eigenvalue weighted by atomic mass is 79.9. The van der Waals surface area contributed by atoms with E-state index in [0.29, 0.717) is 15.8 Å². The van der Waals surface area contributed by atoms with Gasteiger partial charge in [0.15, 0.2) is 0 Å². The Hall–Kier alpha value is -1.55. The summed E-state index contributed by atoms with van der Waals surface area (Å²) >= 11 is 3.12. The monoisotopic (exact) mass is 322 g/mol. The average Bonchev–Trinajstić information content (AvgIpc) is 2.36. The zero-order valence-electron chi connectivity index (χ0n) is 10.9. The van der Waals surface area contributed by atoms with Crippen LogP contribution in [0.4, 0.5) is 15.8 Å². The van der Waals surface area contributed by atoms with Gasteiger partial charge in [0.2, 0.25) is 0 Å². The summed E-state index contributed by atoms with van der Waals surface area (Å²) < 4.78 is 13.9. The summed E-state index contributed by atoms with van der Waals surface area (Å²) in [7, 11) is 0. The Morgan fingerprint density at radius 2 is 1.84 bits per heavy atom. The minimum absolute atomic E-state index is 0.0588. The number of hydrogen-bond acceptors (Lipinski definition) is 2. The Morgan fingerprint density at radius 1 is 1.21 bits per heavy atom. The highest BCUT2D eigenvalue weighted by Crippen LogP contribution is 2.29. The van der Waals surface area contributed by atoms with E-state index in [-0.39, 0.29) is 11.9 Å². The van der Waals surface area contributed by atoms with Crippen LogP contribution >= 0.6 is 15.9 Å². The minimum atomic E-state index is -0.326. The van der Waals surface area contributed by atoms with Gasteiger partial charge < -0.3 is 11.1 Å². The lowest BCUT2D eigenvalue weighted by Gasteiger charge is -2.18. The molecule has 0 aromatic heterocycles. The molecule has 100 valence electrons. The Bertz CT molecular complexity index is 581. The van der Waals surface area contributed by atoms with Crippen LogP contribution in [0.3, 0.4) is 0 Å². The summed E-state index contributed by atoms with van der Waals surface area (Å²) in [5.41, 5.74) is 9.35. The molecule has 0 amide bonds. The van der Waals surface area contributed by atoms with Gasteiger partial charge in [0.05, 0.1) is 15.8 Å². The standard InChI is InChI=1S/C15H16BrFN2/c1-9-3-5-11(6-4-9)10(2)19-15-8-13(17)12(16)7-14(15)18/h3-8,10,19H,18H2,1-2H3. The Balaban J connectivity index is 2.21. The van der Waals surface area contributed by atoms with Crippen LogP contribution < -0.4 is 11.1 Å². The van der Waals surface area contributed by atoms with E-state index in [2.05, 4.69) is 45.5 Å². The van der Waals surface area contributed by atoms with Gasteiger partial charge in [-0.25, -0.2) is 4.39 Å². The molecule has 19 heavy (non-hydrogen) atoms. The first kappa shape index (κ1) is 13.9. The van der Waals surface area contributed by atoms with Crippen molar-refractivity contribution in [2.24, 2.45) is 0 Å². The molecule has 0 saturated heterocycles. The summed E-state index contributed by atoms with van der Waals surface area (Å²) in [6.07, 6.45) is 0. The lowest BCUT2D eigenvalue weighted by Crippen LogP contribution is -2.08. The van der Waals surface area contributed by atoms with Crippen molar-refractivity contribution in [1.82, 2.24) is 0 Å². The molecular formula is C15H16BrFN2. The van der Waals surface area contributed by atoms with Crippen LogP contribution in [0.2, 0.25) is 0 Å². The van der Waals surface area contributed by atoms with Crippen molar-refractivity contribution >= 4 is 27.3 Å². The van der Waals surface area contributed by atoms with E-state index in [1.54, 1.807) is 6.07 Å². The van der Waals surface area contributed by atoms with Crippen LogP contribution in [0.25, 0.3) is 0 Å². The number of anilines is 2. The Kier molecular flexibility index (Phi) is 4.10. The number of hydrogen-bond donors (Lipinski definition) is 2. The van der Waals surface area contributed by atoms with Crippen LogP contribution in [0.15, 0.2) is 40.9 Å². The third-order valence-corrected chi connectivity index (χ3v) is 3.65. The quantitative estimate of drug-likeness (QED) is 0.807. The number of aryl methyl sites for hydroxylation is 1. The molecule has 0 aliphatic rings. The molecule has 0 spiro atoms. The molecule has 1 atom stereocenters. The van der Waals surface area contributed by atoms with Gasteiger partial charge in [0.25, 0.3) is 0 Å². The lowest BCUT2D eigenvalue weighted by molar-refractivity contribution is 0.621. The molecule has 2 aromatic rings. The fourth-order valence-corrected chi connectivity index (χ4v) is 2.22. The maximum atomic E-state index is 13.5. The van der Waals surface area contributed by atoms with Crippen molar-refractivity contribution in [3.8, 4) is 0 Å². The molecule has 3 N–H and O–H groups in total. The third-order valence-electron chi connectivity index (χ3n) is 3.04. The summed E-state index contributed by atoms with van der Waals surface area (Å²) in [6, 6.07) is 11.3. The summed E-state index contributed by atoms with van der Waals surface area (Å²) in [4.78, 5) is 0. The largest absolute Gasteiger partial charge is 0.397 e. The molecule has 0 radical (unpaired) electrons. The zero-order valence-corrected chi connectivity index (χ0v) is 12.5. The minimum Gasteiger partial charge on any atom is -0.397 e. The molecule has 2 nitrogen and oxygen atoms in total.